The van der Waals surface area contributed by atoms with Crippen molar-refractivity contribution in [2.75, 3.05) is 0 Å². The Labute approximate surface area is 106 Å². The average Bonchev–Trinajstić information content (AvgIpc) is 2.43. The summed E-state index contributed by atoms with van der Waals surface area (Å²) >= 11 is 0. The topological polar surface area (TPSA) is 4.36 Å². The standard InChI is InChI=1S/C16H26N/c1-10(2)11-7-15(3)9-16(4)8-12(11)13(15)6-14(16)17-5/h5,10-14H,6-9H2,1-4H3/q+1. The SMILES string of the molecule is C#[N+]C1CC2C3CC1(C)CC2(C)CC3C(C)C. The van der Waals surface area contributed by atoms with Gasteiger partial charge in [-0.3, -0.25) is 0 Å². The molecular formula is C16H26N+. The number of hydrogen-bond acceptors (Lipinski definition) is 0. The average molecular weight is 232 g/mol. The van der Waals surface area contributed by atoms with Gasteiger partial charge >= 0.3 is 0 Å². The molecule has 4 rings (SSSR count). The second kappa shape index (κ2) is 3.28. The van der Waals surface area contributed by atoms with Crippen LogP contribution in [0.3, 0.4) is 0 Å². The van der Waals surface area contributed by atoms with Gasteiger partial charge < -0.3 is 0 Å². The van der Waals surface area contributed by atoms with Gasteiger partial charge in [0.05, 0.1) is 0 Å². The smallest absolute Gasteiger partial charge is 0.0830 e. The molecule has 0 aliphatic heterocycles. The van der Waals surface area contributed by atoms with Gasteiger partial charge in [0.25, 0.3) is 12.6 Å². The summed E-state index contributed by atoms with van der Waals surface area (Å²) in [4.78, 5) is 4.20. The van der Waals surface area contributed by atoms with E-state index >= 15 is 0 Å². The van der Waals surface area contributed by atoms with Crippen molar-refractivity contribution in [3.63, 3.8) is 0 Å². The largest absolute Gasteiger partial charge is 0.277 e. The molecule has 4 bridgehead atoms. The predicted molar refractivity (Wildman–Crippen MR) is 72.1 cm³/mol. The van der Waals surface area contributed by atoms with Crippen LogP contribution in [0.1, 0.15) is 53.4 Å². The van der Waals surface area contributed by atoms with Crippen molar-refractivity contribution < 1.29 is 0 Å². The van der Waals surface area contributed by atoms with Gasteiger partial charge in [0.2, 0.25) is 0 Å². The van der Waals surface area contributed by atoms with E-state index < -0.39 is 0 Å². The van der Waals surface area contributed by atoms with Crippen LogP contribution in [0.2, 0.25) is 0 Å². The lowest BCUT2D eigenvalue weighted by molar-refractivity contribution is -0.0496. The zero-order valence-electron chi connectivity index (χ0n) is 11.7. The maximum atomic E-state index is 5.65. The quantitative estimate of drug-likeness (QED) is 0.629. The molecule has 4 aliphatic carbocycles. The van der Waals surface area contributed by atoms with Gasteiger partial charge in [-0.1, -0.05) is 32.5 Å². The molecule has 0 aromatic carbocycles. The van der Waals surface area contributed by atoms with Crippen molar-refractivity contribution in [2.45, 2.75) is 59.4 Å². The Hall–Kier alpha value is -0.510. The lowest BCUT2D eigenvalue weighted by Crippen LogP contribution is -2.52. The van der Waals surface area contributed by atoms with E-state index in [1.165, 1.54) is 25.7 Å². The third-order valence-corrected chi connectivity index (χ3v) is 6.49. The Bertz CT molecular complexity index is 379. The van der Waals surface area contributed by atoms with Crippen LogP contribution >= 0.6 is 0 Å². The molecule has 0 aromatic rings. The Balaban J connectivity index is 1.98. The van der Waals surface area contributed by atoms with E-state index in [1.54, 1.807) is 0 Å². The van der Waals surface area contributed by atoms with Gasteiger partial charge in [0.1, 0.15) is 0 Å². The first-order valence-corrected chi connectivity index (χ1v) is 7.30. The molecule has 6 atom stereocenters. The van der Waals surface area contributed by atoms with Crippen LogP contribution in [-0.4, -0.2) is 6.04 Å². The number of hydrogen-bond donors (Lipinski definition) is 0. The van der Waals surface area contributed by atoms with Crippen molar-refractivity contribution >= 4 is 0 Å². The number of rotatable bonds is 1. The first kappa shape index (κ1) is 11.6. The van der Waals surface area contributed by atoms with E-state index in [9.17, 15) is 0 Å². The molecule has 0 saturated heterocycles. The maximum absolute atomic E-state index is 5.65. The highest BCUT2D eigenvalue weighted by atomic mass is 14.8. The van der Waals surface area contributed by atoms with Crippen LogP contribution in [0.5, 0.6) is 0 Å². The highest BCUT2D eigenvalue weighted by Gasteiger charge is 2.67. The minimum absolute atomic E-state index is 0.395. The van der Waals surface area contributed by atoms with Crippen molar-refractivity contribution in [3.8, 4) is 6.57 Å². The van der Waals surface area contributed by atoms with E-state index in [1.807, 2.05) is 0 Å². The summed E-state index contributed by atoms with van der Waals surface area (Å²) in [5.74, 6) is 3.65. The summed E-state index contributed by atoms with van der Waals surface area (Å²) in [7, 11) is 0. The van der Waals surface area contributed by atoms with Crippen molar-refractivity contribution in [1.29, 1.82) is 0 Å². The lowest BCUT2D eigenvalue weighted by atomic mass is 9.49. The van der Waals surface area contributed by atoms with Crippen molar-refractivity contribution in [1.82, 2.24) is 0 Å². The highest BCUT2D eigenvalue weighted by molar-refractivity contribution is 5.17. The Morgan fingerprint density at radius 2 is 1.88 bits per heavy atom. The van der Waals surface area contributed by atoms with E-state index in [4.69, 9.17) is 6.57 Å². The van der Waals surface area contributed by atoms with E-state index in [2.05, 4.69) is 32.5 Å². The molecule has 1 heteroatoms. The molecule has 0 amide bonds. The monoisotopic (exact) mass is 232 g/mol. The fourth-order valence-corrected chi connectivity index (χ4v) is 5.90. The molecule has 0 heterocycles. The molecule has 17 heavy (non-hydrogen) atoms. The minimum Gasteiger partial charge on any atom is -0.0830 e. The highest BCUT2D eigenvalue weighted by Crippen LogP contribution is 2.70. The minimum atomic E-state index is 0.395. The summed E-state index contributed by atoms with van der Waals surface area (Å²) in [5.41, 5.74) is 0.986. The summed E-state index contributed by atoms with van der Waals surface area (Å²) in [6.45, 7) is 15.5. The fourth-order valence-electron chi connectivity index (χ4n) is 5.90. The summed E-state index contributed by atoms with van der Waals surface area (Å²) in [6.07, 6.45) is 5.45. The van der Waals surface area contributed by atoms with Gasteiger partial charge in [-0.25, -0.2) is 0 Å². The predicted octanol–water partition coefficient (Wildman–Crippen LogP) is 4.44. The molecular weight excluding hydrogens is 206 g/mol. The van der Waals surface area contributed by atoms with Crippen LogP contribution < -0.4 is 0 Å². The van der Waals surface area contributed by atoms with Gasteiger partial charge in [-0.2, -0.15) is 0 Å². The Kier molecular flexibility index (Phi) is 2.23. The summed E-state index contributed by atoms with van der Waals surface area (Å²) in [5, 5.41) is 0. The van der Waals surface area contributed by atoms with Crippen molar-refractivity contribution in [2.24, 2.45) is 34.5 Å². The maximum Gasteiger partial charge on any atom is 0.277 e. The first-order valence-electron chi connectivity index (χ1n) is 7.30. The normalized spacial score (nSPS) is 56.2. The van der Waals surface area contributed by atoms with E-state index in [-0.39, 0.29) is 0 Å². The van der Waals surface area contributed by atoms with E-state index in [0.29, 0.717) is 16.9 Å². The number of nitrogens with zero attached hydrogens (tertiary/aromatic N) is 1. The van der Waals surface area contributed by atoms with Crippen molar-refractivity contribution in [3.05, 3.63) is 4.85 Å². The first-order chi connectivity index (χ1) is 7.89. The van der Waals surface area contributed by atoms with E-state index in [0.717, 1.165) is 23.7 Å². The second-order valence-corrected chi connectivity index (χ2v) is 7.97. The van der Waals surface area contributed by atoms with Gasteiger partial charge in [-0.15, -0.1) is 0 Å². The zero-order chi connectivity index (χ0) is 12.4. The number of fused-ring (bicyclic) bond motifs is 1. The third-order valence-electron chi connectivity index (χ3n) is 6.49. The molecule has 0 N–H and O–H groups in total. The second-order valence-electron chi connectivity index (χ2n) is 7.97. The molecule has 6 unspecified atom stereocenters. The Morgan fingerprint density at radius 3 is 2.41 bits per heavy atom. The van der Waals surface area contributed by atoms with Crippen LogP contribution in [-0.2, 0) is 0 Å². The molecule has 94 valence electrons. The Morgan fingerprint density at radius 1 is 1.18 bits per heavy atom. The molecule has 0 radical (unpaired) electrons. The van der Waals surface area contributed by atoms with Gasteiger partial charge in [0, 0.05) is 11.8 Å². The molecule has 4 saturated carbocycles. The lowest BCUT2D eigenvalue weighted by Gasteiger charge is -2.53. The fraction of sp³-hybridized carbons (Fsp3) is 0.938. The van der Waals surface area contributed by atoms with Crippen LogP contribution in [0, 0.1) is 41.1 Å². The molecule has 4 fully saturated rings. The molecule has 0 aromatic heterocycles. The third kappa shape index (κ3) is 1.36. The molecule has 4 aliphatic rings. The molecule has 1 nitrogen and oxygen atoms in total. The molecule has 0 spiro atoms. The van der Waals surface area contributed by atoms with Gasteiger partial charge in [0.15, 0.2) is 0 Å². The van der Waals surface area contributed by atoms with Gasteiger partial charge in [-0.05, 0) is 48.3 Å². The zero-order valence-corrected chi connectivity index (χ0v) is 11.7. The summed E-state index contributed by atoms with van der Waals surface area (Å²) in [6, 6.07) is 0.433. The van der Waals surface area contributed by atoms with Crippen LogP contribution in [0.4, 0.5) is 0 Å². The van der Waals surface area contributed by atoms with Crippen LogP contribution in [0.25, 0.3) is 4.85 Å². The summed E-state index contributed by atoms with van der Waals surface area (Å²) < 4.78 is 0. The van der Waals surface area contributed by atoms with Crippen LogP contribution in [0.15, 0.2) is 0 Å².